The lowest BCUT2D eigenvalue weighted by molar-refractivity contribution is 0.0696. The van der Waals surface area contributed by atoms with Crippen LogP contribution < -0.4 is 14.8 Å². The van der Waals surface area contributed by atoms with Gasteiger partial charge in [0.2, 0.25) is 5.76 Å². The molecular formula is C21H21NO6. The summed E-state index contributed by atoms with van der Waals surface area (Å²) in [5.41, 5.74) is 0.994. The van der Waals surface area contributed by atoms with Gasteiger partial charge in [0.1, 0.15) is 0 Å². The lowest BCUT2D eigenvalue weighted by Gasteiger charge is -2.14. The van der Waals surface area contributed by atoms with Gasteiger partial charge >= 0.3 is 5.97 Å². The van der Waals surface area contributed by atoms with Crippen LogP contribution in [0.15, 0.2) is 63.8 Å². The van der Waals surface area contributed by atoms with Crippen molar-refractivity contribution in [2.45, 2.75) is 25.8 Å². The second-order valence-corrected chi connectivity index (χ2v) is 6.24. The Hall–Kier alpha value is -3.48. The van der Waals surface area contributed by atoms with E-state index in [1.165, 1.54) is 25.7 Å². The van der Waals surface area contributed by atoms with Crippen molar-refractivity contribution in [2.75, 3.05) is 7.11 Å². The van der Waals surface area contributed by atoms with E-state index in [-0.39, 0.29) is 23.5 Å². The molecule has 1 unspecified atom stereocenters. The number of ether oxygens (including phenoxy) is 2. The number of nitrogens with one attached hydrogen (secondary N) is 1. The molecule has 1 N–H and O–H groups in total. The van der Waals surface area contributed by atoms with Crippen LogP contribution >= 0.6 is 0 Å². The number of carbonyl (C=O) groups excluding carboxylic acids is 2. The third-order valence-electron chi connectivity index (χ3n) is 4.14. The Morgan fingerprint density at radius 1 is 1.04 bits per heavy atom. The highest BCUT2D eigenvalue weighted by Gasteiger charge is 2.16. The Labute approximate surface area is 162 Å². The second-order valence-electron chi connectivity index (χ2n) is 6.24. The zero-order chi connectivity index (χ0) is 19.9. The van der Waals surface area contributed by atoms with Crippen LogP contribution in [0.2, 0.25) is 0 Å². The molecule has 1 aromatic carbocycles. The number of amides is 1. The Bertz CT molecular complexity index is 915. The molecule has 0 saturated carbocycles. The number of carbonyl (C=O) groups is 2. The van der Waals surface area contributed by atoms with E-state index in [0.717, 1.165) is 12.0 Å². The molecule has 3 aromatic rings. The van der Waals surface area contributed by atoms with E-state index in [2.05, 4.69) is 5.32 Å². The van der Waals surface area contributed by atoms with Gasteiger partial charge in [0.15, 0.2) is 17.3 Å². The first kappa shape index (κ1) is 19.3. The fourth-order valence-electron chi connectivity index (χ4n) is 2.65. The summed E-state index contributed by atoms with van der Waals surface area (Å²) in [5, 5.41) is 2.89. The average Bonchev–Trinajstić information content (AvgIpc) is 3.40. The highest BCUT2D eigenvalue weighted by atomic mass is 16.6. The minimum Gasteiger partial charge on any atom is -0.493 e. The third-order valence-corrected chi connectivity index (χ3v) is 4.14. The molecule has 0 spiro atoms. The van der Waals surface area contributed by atoms with Gasteiger partial charge in [0, 0.05) is 6.04 Å². The van der Waals surface area contributed by atoms with Crippen LogP contribution in [0.25, 0.3) is 0 Å². The molecule has 0 aliphatic carbocycles. The van der Waals surface area contributed by atoms with Crippen molar-refractivity contribution in [2.24, 2.45) is 0 Å². The summed E-state index contributed by atoms with van der Waals surface area (Å²) in [4.78, 5) is 24.0. The summed E-state index contributed by atoms with van der Waals surface area (Å²) in [6, 6.07) is 11.7. The van der Waals surface area contributed by atoms with E-state index in [9.17, 15) is 9.59 Å². The fourth-order valence-corrected chi connectivity index (χ4v) is 2.65. The molecule has 7 heteroatoms. The Kier molecular flexibility index (Phi) is 6.16. The van der Waals surface area contributed by atoms with Crippen LogP contribution in [0.5, 0.6) is 11.5 Å². The fraction of sp³-hybridized carbons (Fsp3) is 0.238. The average molecular weight is 383 g/mol. The van der Waals surface area contributed by atoms with Crippen molar-refractivity contribution in [3.8, 4) is 11.5 Å². The number of rotatable bonds is 8. The van der Waals surface area contributed by atoms with Gasteiger partial charge in [0.05, 0.1) is 19.6 Å². The molecule has 7 nitrogen and oxygen atoms in total. The zero-order valence-corrected chi connectivity index (χ0v) is 15.6. The maximum Gasteiger partial charge on any atom is 0.379 e. The monoisotopic (exact) mass is 383 g/mol. The lowest BCUT2D eigenvalue weighted by atomic mass is 10.1. The van der Waals surface area contributed by atoms with E-state index in [0.29, 0.717) is 17.9 Å². The van der Waals surface area contributed by atoms with Crippen LogP contribution in [0.3, 0.4) is 0 Å². The molecule has 3 rings (SSSR count). The normalized spacial score (nSPS) is 11.6. The SMILES string of the molecule is COc1cc(CCC(C)NC(=O)c2ccco2)ccc1OC(=O)c1ccco1. The summed E-state index contributed by atoms with van der Waals surface area (Å²) >= 11 is 0. The molecule has 28 heavy (non-hydrogen) atoms. The smallest absolute Gasteiger partial charge is 0.379 e. The number of hydrogen-bond acceptors (Lipinski definition) is 6. The summed E-state index contributed by atoms with van der Waals surface area (Å²) in [6.45, 7) is 1.93. The summed E-state index contributed by atoms with van der Waals surface area (Å²) in [7, 11) is 1.51. The first-order chi connectivity index (χ1) is 13.6. The number of benzene rings is 1. The number of hydrogen-bond donors (Lipinski definition) is 1. The van der Waals surface area contributed by atoms with Gasteiger partial charge in [-0.15, -0.1) is 0 Å². The van der Waals surface area contributed by atoms with Crippen molar-refractivity contribution in [1.82, 2.24) is 5.32 Å². The first-order valence-electron chi connectivity index (χ1n) is 8.84. The van der Waals surface area contributed by atoms with Crippen LogP contribution in [0.1, 0.15) is 40.0 Å². The number of aryl methyl sites for hydroxylation is 1. The molecule has 0 saturated heterocycles. The van der Waals surface area contributed by atoms with Crippen molar-refractivity contribution in [3.05, 3.63) is 72.1 Å². The van der Waals surface area contributed by atoms with Crippen LogP contribution in [-0.2, 0) is 6.42 Å². The minimum atomic E-state index is -0.592. The van der Waals surface area contributed by atoms with Crippen LogP contribution in [-0.4, -0.2) is 25.0 Å². The van der Waals surface area contributed by atoms with Gasteiger partial charge in [0.25, 0.3) is 5.91 Å². The number of methoxy groups -OCH3 is 1. The topological polar surface area (TPSA) is 90.9 Å². The highest BCUT2D eigenvalue weighted by molar-refractivity contribution is 5.91. The Balaban J connectivity index is 1.57. The van der Waals surface area contributed by atoms with Gasteiger partial charge in [-0.1, -0.05) is 6.07 Å². The predicted octanol–water partition coefficient (Wildman–Crippen LogP) is 3.85. The van der Waals surface area contributed by atoms with Crippen molar-refractivity contribution < 1.29 is 27.9 Å². The van der Waals surface area contributed by atoms with Gasteiger partial charge in [-0.25, -0.2) is 4.79 Å². The van der Waals surface area contributed by atoms with E-state index in [4.69, 9.17) is 18.3 Å². The lowest BCUT2D eigenvalue weighted by Crippen LogP contribution is -2.32. The zero-order valence-electron chi connectivity index (χ0n) is 15.6. The molecule has 1 amide bonds. The van der Waals surface area contributed by atoms with E-state index in [1.54, 1.807) is 24.3 Å². The standard InChI is InChI=1S/C21H21NO6/c1-14(22-20(23)17-5-3-11-26-17)7-8-15-9-10-16(19(13-15)25-2)28-21(24)18-6-4-12-27-18/h3-6,9-14H,7-8H2,1-2H3,(H,22,23). The molecule has 0 aliphatic rings. The molecule has 0 radical (unpaired) electrons. The van der Waals surface area contributed by atoms with Crippen molar-refractivity contribution in [3.63, 3.8) is 0 Å². The van der Waals surface area contributed by atoms with Gasteiger partial charge in [-0.05, 0) is 61.7 Å². The van der Waals surface area contributed by atoms with Gasteiger partial charge in [-0.3, -0.25) is 4.79 Å². The molecule has 2 aromatic heterocycles. The van der Waals surface area contributed by atoms with E-state index in [1.807, 2.05) is 19.1 Å². The van der Waals surface area contributed by atoms with Crippen molar-refractivity contribution >= 4 is 11.9 Å². The minimum absolute atomic E-state index is 0.0416. The van der Waals surface area contributed by atoms with E-state index >= 15 is 0 Å². The molecule has 1 atom stereocenters. The largest absolute Gasteiger partial charge is 0.493 e. The molecule has 146 valence electrons. The quantitative estimate of drug-likeness (QED) is 0.469. The summed E-state index contributed by atoms with van der Waals surface area (Å²) in [5.74, 6) is 0.334. The molecule has 2 heterocycles. The maximum absolute atomic E-state index is 12.0. The maximum atomic E-state index is 12.0. The number of furan rings is 2. The summed E-state index contributed by atoms with van der Waals surface area (Å²) < 4.78 is 20.8. The Morgan fingerprint density at radius 2 is 1.75 bits per heavy atom. The van der Waals surface area contributed by atoms with E-state index < -0.39 is 5.97 Å². The summed E-state index contributed by atoms with van der Waals surface area (Å²) in [6.07, 6.45) is 4.30. The molecule has 0 fully saturated rings. The first-order valence-corrected chi connectivity index (χ1v) is 8.84. The van der Waals surface area contributed by atoms with Gasteiger partial charge in [-0.2, -0.15) is 0 Å². The molecule has 0 bridgehead atoms. The van der Waals surface area contributed by atoms with Gasteiger partial charge < -0.3 is 23.6 Å². The second kappa shape index (κ2) is 8.94. The predicted molar refractivity (Wildman–Crippen MR) is 101 cm³/mol. The highest BCUT2D eigenvalue weighted by Crippen LogP contribution is 2.29. The van der Waals surface area contributed by atoms with Crippen molar-refractivity contribution in [1.29, 1.82) is 0 Å². The molecular weight excluding hydrogens is 362 g/mol. The van der Waals surface area contributed by atoms with Crippen LogP contribution in [0.4, 0.5) is 0 Å². The molecule has 0 aliphatic heterocycles. The third kappa shape index (κ3) is 4.82. The number of esters is 1. The Morgan fingerprint density at radius 3 is 2.39 bits per heavy atom. The van der Waals surface area contributed by atoms with Crippen LogP contribution in [0, 0.1) is 0 Å².